The van der Waals surface area contributed by atoms with Crippen molar-refractivity contribution in [2.24, 2.45) is 0 Å². The first-order valence-electron chi connectivity index (χ1n) is 9.96. The van der Waals surface area contributed by atoms with E-state index in [-0.39, 0.29) is 17.3 Å². The summed E-state index contributed by atoms with van der Waals surface area (Å²) >= 11 is 0. The minimum absolute atomic E-state index is 0.0975. The highest BCUT2D eigenvalue weighted by molar-refractivity contribution is 7.92. The molecular weight excluding hydrogens is 420 g/mol. The van der Waals surface area contributed by atoms with Gasteiger partial charge in [0.25, 0.3) is 5.69 Å². The van der Waals surface area contributed by atoms with Gasteiger partial charge in [-0.25, -0.2) is 8.42 Å². The standard InChI is InChI=1S/C21H26N4O5S/c1-17(24(31(2,29)30)19-9-6-10-20(15-19)25(27)28)21(26)23-13-11-22(12-14-23)16-18-7-4-3-5-8-18/h3-10,15,17H,11-14,16H2,1-2H3. The molecule has 1 heterocycles. The van der Waals surface area contributed by atoms with Crippen molar-refractivity contribution >= 4 is 27.3 Å². The molecule has 0 radical (unpaired) electrons. The van der Waals surface area contributed by atoms with E-state index >= 15 is 0 Å². The molecule has 31 heavy (non-hydrogen) atoms. The minimum atomic E-state index is -3.84. The number of carbonyl (C=O) groups excluding carboxylic acids is 1. The molecule has 0 aliphatic carbocycles. The zero-order valence-electron chi connectivity index (χ0n) is 17.5. The van der Waals surface area contributed by atoms with Gasteiger partial charge in [-0.2, -0.15) is 0 Å². The molecule has 0 spiro atoms. The summed E-state index contributed by atoms with van der Waals surface area (Å²) in [6.45, 7) is 4.65. The van der Waals surface area contributed by atoms with Crippen molar-refractivity contribution in [1.82, 2.24) is 9.80 Å². The number of carbonyl (C=O) groups is 1. The number of piperazine rings is 1. The van der Waals surface area contributed by atoms with Gasteiger partial charge in [-0.15, -0.1) is 0 Å². The number of amides is 1. The minimum Gasteiger partial charge on any atom is -0.338 e. The third kappa shape index (κ3) is 5.59. The van der Waals surface area contributed by atoms with Gasteiger partial charge < -0.3 is 4.90 Å². The van der Waals surface area contributed by atoms with Crippen molar-refractivity contribution < 1.29 is 18.1 Å². The molecule has 1 amide bonds. The number of non-ortho nitro benzene ring substituents is 1. The highest BCUT2D eigenvalue weighted by Gasteiger charge is 2.34. The Kier molecular flexibility index (Phi) is 6.91. The molecule has 9 nitrogen and oxygen atoms in total. The predicted octanol–water partition coefficient (Wildman–Crippen LogP) is 2.09. The lowest BCUT2D eigenvalue weighted by atomic mass is 10.2. The molecule has 0 N–H and O–H groups in total. The molecule has 1 unspecified atom stereocenters. The molecular formula is C21H26N4O5S. The zero-order chi connectivity index (χ0) is 22.6. The second-order valence-electron chi connectivity index (χ2n) is 7.60. The smallest absolute Gasteiger partial charge is 0.271 e. The van der Waals surface area contributed by atoms with Crippen molar-refractivity contribution in [2.75, 3.05) is 36.7 Å². The Labute approximate surface area is 182 Å². The van der Waals surface area contributed by atoms with E-state index in [2.05, 4.69) is 17.0 Å². The lowest BCUT2D eigenvalue weighted by Gasteiger charge is -2.38. The summed E-state index contributed by atoms with van der Waals surface area (Å²) in [7, 11) is -3.84. The van der Waals surface area contributed by atoms with Gasteiger partial charge in [-0.1, -0.05) is 36.4 Å². The Morgan fingerprint density at radius 3 is 2.32 bits per heavy atom. The molecule has 1 fully saturated rings. The molecule has 1 saturated heterocycles. The Hall–Kier alpha value is -2.98. The SMILES string of the molecule is CC(C(=O)N1CCN(Cc2ccccc2)CC1)N(c1cccc([N+](=O)[O-])c1)S(C)(=O)=O. The first-order valence-corrected chi connectivity index (χ1v) is 11.8. The van der Waals surface area contributed by atoms with Crippen LogP contribution in [0.5, 0.6) is 0 Å². The van der Waals surface area contributed by atoms with Gasteiger partial charge in [-0.05, 0) is 18.6 Å². The molecule has 3 rings (SSSR count). The van der Waals surface area contributed by atoms with Gasteiger partial charge in [0.05, 0.1) is 16.9 Å². The van der Waals surface area contributed by atoms with Crippen LogP contribution in [0.3, 0.4) is 0 Å². The molecule has 2 aromatic rings. The van der Waals surface area contributed by atoms with E-state index in [1.807, 2.05) is 18.2 Å². The van der Waals surface area contributed by atoms with Crippen LogP contribution >= 0.6 is 0 Å². The summed E-state index contributed by atoms with van der Waals surface area (Å²) in [6, 6.07) is 14.4. The maximum atomic E-state index is 13.1. The summed E-state index contributed by atoms with van der Waals surface area (Å²) in [5.74, 6) is -0.323. The van der Waals surface area contributed by atoms with E-state index in [1.165, 1.54) is 36.8 Å². The third-order valence-corrected chi connectivity index (χ3v) is 6.54. The van der Waals surface area contributed by atoms with Crippen molar-refractivity contribution in [2.45, 2.75) is 19.5 Å². The number of benzene rings is 2. The highest BCUT2D eigenvalue weighted by Crippen LogP contribution is 2.26. The van der Waals surface area contributed by atoms with Crippen molar-refractivity contribution in [3.8, 4) is 0 Å². The topological polar surface area (TPSA) is 104 Å². The first kappa shape index (κ1) is 22.7. The highest BCUT2D eigenvalue weighted by atomic mass is 32.2. The number of sulfonamides is 1. The third-order valence-electron chi connectivity index (χ3n) is 5.29. The quantitative estimate of drug-likeness (QED) is 0.477. The molecule has 1 atom stereocenters. The van der Waals surface area contributed by atoms with Crippen LogP contribution in [0.2, 0.25) is 0 Å². The van der Waals surface area contributed by atoms with Crippen molar-refractivity contribution in [3.05, 3.63) is 70.3 Å². The number of nitrogens with zero attached hydrogens (tertiary/aromatic N) is 4. The molecule has 166 valence electrons. The van der Waals surface area contributed by atoms with Crippen LogP contribution in [0.15, 0.2) is 54.6 Å². The second kappa shape index (κ2) is 9.44. The average molecular weight is 447 g/mol. The van der Waals surface area contributed by atoms with Crippen molar-refractivity contribution in [1.29, 1.82) is 0 Å². The maximum absolute atomic E-state index is 13.1. The largest absolute Gasteiger partial charge is 0.338 e. The average Bonchev–Trinajstić information content (AvgIpc) is 2.74. The van der Waals surface area contributed by atoms with Crippen LogP contribution in [0, 0.1) is 10.1 Å². The van der Waals surface area contributed by atoms with Crippen LogP contribution in [-0.2, 0) is 21.4 Å². The maximum Gasteiger partial charge on any atom is 0.271 e. The van der Waals surface area contributed by atoms with Gasteiger partial charge in [-0.3, -0.25) is 24.1 Å². The number of rotatable bonds is 7. The lowest BCUT2D eigenvalue weighted by Crippen LogP contribution is -2.55. The Bertz CT molecular complexity index is 1040. The number of nitro benzene ring substituents is 1. The van der Waals surface area contributed by atoms with Gasteiger partial charge in [0, 0.05) is 44.9 Å². The van der Waals surface area contributed by atoms with Crippen molar-refractivity contribution in [3.63, 3.8) is 0 Å². The number of hydrogen-bond acceptors (Lipinski definition) is 6. The van der Waals surface area contributed by atoms with Crippen LogP contribution in [-0.4, -0.2) is 67.5 Å². The Balaban J connectivity index is 1.71. The van der Waals surface area contributed by atoms with Gasteiger partial charge in [0.1, 0.15) is 6.04 Å². The van der Waals surface area contributed by atoms with E-state index in [4.69, 9.17) is 0 Å². The molecule has 0 aromatic heterocycles. The van der Waals surface area contributed by atoms with E-state index < -0.39 is 21.0 Å². The zero-order valence-corrected chi connectivity index (χ0v) is 18.4. The van der Waals surface area contributed by atoms with Crippen LogP contribution in [0.4, 0.5) is 11.4 Å². The summed E-state index contributed by atoms with van der Waals surface area (Å²) in [4.78, 5) is 27.5. The fourth-order valence-electron chi connectivity index (χ4n) is 3.78. The van der Waals surface area contributed by atoms with Gasteiger partial charge >= 0.3 is 0 Å². The second-order valence-corrected chi connectivity index (χ2v) is 9.46. The van der Waals surface area contributed by atoms with E-state index in [9.17, 15) is 23.3 Å². The number of nitro groups is 1. The molecule has 10 heteroatoms. The molecule has 2 aromatic carbocycles. The van der Waals surface area contributed by atoms with E-state index in [0.29, 0.717) is 26.2 Å². The fourth-order valence-corrected chi connectivity index (χ4v) is 4.94. The molecule has 0 bridgehead atoms. The lowest BCUT2D eigenvalue weighted by molar-refractivity contribution is -0.384. The van der Waals surface area contributed by atoms with Crippen LogP contribution in [0.25, 0.3) is 0 Å². The van der Waals surface area contributed by atoms with Crippen LogP contribution < -0.4 is 4.31 Å². The molecule has 0 saturated carbocycles. The normalized spacial score (nSPS) is 16.0. The molecule has 1 aliphatic heterocycles. The summed E-state index contributed by atoms with van der Waals surface area (Å²) in [5.41, 5.74) is 1.06. The first-order chi connectivity index (χ1) is 14.7. The fraction of sp³-hybridized carbons (Fsp3) is 0.381. The summed E-state index contributed by atoms with van der Waals surface area (Å²) < 4.78 is 25.9. The Morgan fingerprint density at radius 2 is 1.74 bits per heavy atom. The number of hydrogen-bond donors (Lipinski definition) is 0. The molecule has 1 aliphatic rings. The van der Waals surface area contributed by atoms with Gasteiger partial charge in [0.2, 0.25) is 15.9 Å². The number of anilines is 1. The van der Waals surface area contributed by atoms with Crippen LogP contribution in [0.1, 0.15) is 12.5 Å². The monoisotopic (exact) mass is 446 g/mol. The summed E-state index contributed by atoms with van der Waals surface area (Å²) in [6.07, 6.45) is 0.993. The van der Waals surface area contributed by atoms with Gasteiger partial charge in [0.15, 0.2) is 0 Å². The van der Waals surface area contributed by atoms with E-state index in [1.54, 1.807) is 4.90 Å². The summed E-state index contributed by atoms with van der Waals surface area (Å²) in [5, 5.41) is 11.1. The Morgan fingerprint density at radius 1 is 1.10 bits per heavy atom. The predicted molar refractivity (Wildman–Crippen MR) is 118 cm³/mol. The van der Waals surface area contributed by atoms with E-state index in [0.717, 1.165) is 17.1 Å².